The average Bonchev–Trinajstić information content (AvgIpc) is 2.29. The van der Waals surface area contributed by atoms with Gasteiger partial charge in [0.25, 0.3) is 0 Å². The van der Waals surface area contributed by atoms with E-state index < -0.39 is 10.0 Å². The van der Waals surface area contributed by atoms with Crippen LogP contribution < -0.4 is 10.5 Å². The number of nitrogens with zero attached hydrogens (tertiary/aromatic N) is 1. The van der Waals surface area contributed by atoms with Crippen molar-refractivity contribution in [1.82, 2.24) is 4.31 Å². The van der Waals surface area contributed by atoms with Crippen LogP contribution in [0.2, 0.25) is 0 Å². The molecule has 0 saturated carbocycles. The Morgan fingerprint density at radius 2 is 2.06 bits per heavy atom. The predicted molar refractivity (Wildman–Crippen MR) is 66.6 cm³/mol. The number of benzene rings is 1. The zero-order valence-electron chi connectivity index (χ0n) is 10.3. The first kappa shape index (κ1) is 14.0. The van der Waals surface area contributed by atoms with Crippen LogP contribution in [-0.4, -0.2) is 40.0 Å². The van der Waals surface area contributed by atoms with Crippen LogP contribution in [0.4, 0.5) is 0 Å². The fraction of sp³-hybridized carbons (Fsp3) is 0.455. The minimum atomic E-state index is -3.45. The normalized spacial score (nSPS) is 11.8. The number of aryl methyl sites for hydroxylation is 1. The van der Waals surface area contributed by atoms with Gasteiger partial charge in [-0.15, -0.1) is 0 Å². The molecule has 0 aliphatic heterocycles. The Kier molecular flexibility index (Phi) is 4.50. The number of hydrogen-bond acceptors (Lipinski definition) is 4. The first-order valence-corrected chi connectivity index (χ1v) is 6.68. The van der Waals surface area contributed by atoms with E-state index in [-0.39, 0.29) is 4.90 Å². The summed E-state index contributed by atoms with van der Waals surface area (Å²) in [6, 6.07) is 4.79. The molecule has 2 N–H and O–H groups in total. The highest BCUT2D eigenvalue weighted by atomic mass is 32.2. The van der Waals surface area contributed by atoms with E-state index in [0.29, 0.717) is 18.8 Å². The lowest BCUT2D eigenvalue weighted by molar-refractivity contribution is 0.411. The first-order chi connectivity index (χ1) is 7.93. The van der Waals surface area contributed by atoms with Crippen LogP contribution >= 0.6 is 0 Å². The average molecular weight is 258 g/mol. The van der Waals surface area contributed by atoms with Gasteiger partial charge in [-0.2, -0.15) is 4.31 Å². The SMILES string of the molecule is COc1ccc(S(=O)(=O)N(C)CCN)cc1C. The van der Waals surface area contributed by atoms with Crippen LogP contribution in [0.3, 0.4) is 0 Å². The molecule has 5 nitrogen and oxygen atoms in total. The van der Waals surface area contributed by atoms with E-state index in [4.69, 9.17) is 10.5 Å². The van der Waals surface area contributed by atoms with Gasteiger partial charge in [0.1, 0.15) is 5.75 Å². The van der Waals surface area contributed by atoms with Crippen molar-refractivity contribution in [2.45, 2.75) is 11.8 Å². The molecule has 0 atom stereocenters. The maximum Gasteiger partial charge on any atom is 0.242 e. The van der Waals surface area contributed by atoms with Gasteiger partial charge in [-0.05, 0) is 30.7 Å². The van der Waals surface area contributed by atoms with Gasteiger partial charge in [-0.25, -0.2) is 8.42 Å². The number of likely N-dealkylation sites (N-methyl/N-ethyl adjacent to an activating group) is 1. The van der Waals surface area contributed by atoms with Crippen LogP contribution in [-0.2, 0) is 10.0 Å². The molecule has 0 aromatic heterocycles. The summed E-state index contributed by atoms with van der Waals surface area (Å²) in [6.45, 7) is 2.40. The Hall–Kier alpha value is -1.11. The summed E-state index contributed by atoms with van der Waals surface area (Å²) in [6.07, 6.45) is 0. The van der Waals surface area contributed by atoms with Crippen molar-refractivity contribution in [2.24, 2.45) is 5.73 Å². The van der Waals surface area contributed by atoms with Gasteiger partial charge in [-0.1, -0.05) is 0 Å². The molecule has 0 spiro atoms. The fourth-order valence-corrected chi connectivity index (χ4v) is 2.76. The highest BCUT2D eigenvalue weighted by Gasteiger charge is 2.20. The lowest BCUT2D eigenvalue weighted by Gasteiger charge is -2.17. The predicted octanol–water partition coefficient (Wildman–Crippen LogP) is 0.583. The van der Waals surface area contributed by atoms with Gasteiger partial charge < -0.3 is 10.5 Å². The van der Waals surface area contributed by atoms with Gasteiger partial charge >= 0.3 is 0 Å². The molecule has 0 fully saturated rings. The number of nitrogens with two attached hydrogens (primary N) is 1. The molecule has 0 amide bonds. The van der Waals surface area contributed by atoms with E-state index >= 15 is 0 Å². The van der Waals surface area contributed by atoms with Crippen LogP contribution in [0.25, 0.3) is 0 Å². The second kappa shape index (κ2) is 5.48. The lowest BCUT2D eigenvalue weighted by Crippen LogP contribution is -2.31. The van der Waals surface area contributed by atoms with E-state index in [0.717, 1.165) is 5.56 Å². The topological polar surface area (TPSA) is 72.6 Å². The number of methoxy groups -OCH3 is 1. The van der Waals surface area contributed by atoms with Crippen LogP contribution in [0.5, 0.6) is 5.75 Å². The van der Waals surface area contributed by atoms with Crippen LogP contribution in [0, 0.1) is 6.92 Å². The molecule has 6 heteroatoms. The Bertz CT molecular complexity index is 485. The van der Waals surface area contributed by atoms with E-state index in [1.54, 1.807) is 26.2 Å². The third-order valence-electron chi connectivity index (χ3n) is 2.52. The Balaban J connectivity index is 3.12. The molecular weight excluding hydrogens is 240 g/mol. The Morgan fingerprint density at radius 1 is 1.41 bits per heavy atom. The minimum absolute atomic E-state index is 0.256. The molecule has 0 radical (unpaired) electrons. The summed E-state index contributed by atoms with van der Waals surface area (Å²) in [5.41, 5.74) is 6.14. The van der Waals surface area contributed by atoms with Crippen LogP contribution in [0.1, 0.15) is 5.56 Å². The number of hydrogen-bond donors (Lipinski definition) is 1. The maximum absolute atomic E-state index is 12.1. The maximum atomic E-state index is 12.1. The molecular formula is C11H18N2O3S. The minimum Gasteiger partial charge on any atom is -0.496 e. The third kappa shape index (κ3) is 2.96. The number of rotatable bonds is 5. The molecule has 0 saturated heterocycles. The van der Waals surface area contributed by atoms with Crippen molar-refractivity contribution in [1.29, 1.82) is 0 Å². The first-order valence-electron chi connectivity index (χ1n) is 5.24. The molecule has 0 aliphatic carbocycles. The summed E-state index contributed by atoms with van der Waals surface area (Å²) in [7, 11) is -0.383. The van der Waals surface area contributed by atoms with E-state index in [9.17, 15) is 8.42 Å². The zero-order valence-corrected chi connectivity index (χ0v) is 11.1. The summed E-state index contributed by atoms with van der Waals surface area (Å²) in [5, 5.41) is 0. The molecule has 1 aromatic carbocycles. The molecule has 0 heterocycles. The van der Waals surface area contributed by atoms with Gasteiger partial charge in [0.15, 0.2) is 0 Å². The summed E-state index contributed by atoms with van der Waals surface area (Å²) < 4.78 is 30.5. The second-order valence-electron chi connectivity index (χ2n) is 3.75. The van der Waals surface area contributed by atoms with Crippen molar-refractivity contribution in [3.8, 4) is 5.75 Å². The zero-order chi connectivity index (χ0) is 13.1. The summed E-state index contributed by atoms with van der Waals surface area (Å²) in [4.78, 5) is 0.256. The van der Waals surface area contributed by atoms with Gasteiger partial charge in [0, 0.05) is 20.1 Å². The smallest absolute Gasteiger partial charge is 0.242 e. The molecule has 0 aliphatic rings. The molecule has 1 rings (SSSR count). The van der Waals surface area contributed by atoms with Crippen molar-refractivity contribution >= 4 is 10.0 Å². The Morgan fingerprint density at radius 3 is 2.53 bits per heavy atom. The van der Waals surface area contributed by atoms with Crippen molar-refractivity contribution in [2.75, 3.05) is 27.2 Å². The second-order valence-corrected chi connectivity index (χ2v) is 5.79. The fourth-order valence-electron chi connectivity index (χ4n) is 1.49. The number of ether oxygens (including phenoxy) is 1. The van der Waals surface area contributed by atoms with Crippen molar-refractivity contribution < 1.29 is 13.2 Å². The standard InChI is InChI=1S/C11H18N2O3S/c1-9-8-10(4-5-11(9)16-3)17(14,15)13(2)7-6-12/h4-5,8H,6-7,12H2,1-3H3. The lowest BCUT2D eigenvalue weighted by atomic mass is 10.2. The summed E-state index contributed by atoms with van der Waals surface area (Å²) >= 11 is 0. The Labute approximate surface area is 102 Å². The molecule has 1 aromatic rings. The van der Waals surface area contributed by atoms with Crippen LogP contribution in [0.15, 0.2) is 23.1 Å². The monoisotopic (exact) mass is 258 g/mol. The van der Waals surface area contributed by atoms with Gasteiger partial charge in [0.2, 0.25) is 10.0 Å². The molecule has 17 heavy (non-hydrogen) atoms. The van der Waals surface area contributed by atoms with E-state index in [1.807, 2.05) is 0 Å². The highest BCUT2D eigenvalue weighted by molar-refractivity contribution is 7.89. The van der Waals surface area contributed by atoms with E-state index in [1.165, 1.54) is 17.4 Å². The largest absolute Gasteiger partial charge is 0.496 e. The van der Waals surface area contributed by atoms with Crippen molar-refractivity contribution in [3.63, 3.8) is 0 Å². The third-order valence-corrected chi connectivity index (χ3v) is 4.37. The molecule has 96 valence electrons. The summed E-state index contributed by atoms with van der Waals surface area (Å²) in [5.74, 6) is 0.672. The van der Waals surface area contributed by atoms with Gasteiger partial charge in [-0.3, -0.25) is 0 Å². The van der Waals surface area contributed by atoms with Gasteiger partial charge in [0.05, 0.1) is 12.0 Å². The van der Waals surface area contributed by atoms with E-state index in [2.05, 4.69) is 0 Å². The highest BCUT2D eigenvalue weighted by Crippen LogP contribution is 2.22. The molecule has 0 unspecified atom stereocenters. The molecule has 0 bridgehead atoms. The quantitative estimate of drug-likeness (QED) is 0.838. The van der Waals surface area contributed by atoms with Crippen molar-refractivity contribution in [3.05, 3.63) is 23.8 Å². The number of sulfonamides is 1.